The Morgan fingerprint density at radius 3 is 2.79 bits per heavy atom. The van der Waals surface area contributed by atoms with Crippen LogP contribution in [0.2, 0.25) is 0 Å². The monoisotopic (exact) mass is 399 g/mol. The van der Waals surface area contributed by atoms with E-state index in [9.17, 15) is 9.59 Å². The van der Waals surface area contributed by atoms with Crippen molar-refractivity contribution < 1.29 is 14.3 Å². The number of fused-ring (bicyclic) bond motifs is 1. The highest BCUT2D eigenvalue weighted by Crippen LogP contribution is 2.26. The van der Waals surface area contributed by atoms with E-state index in [0.29, 0.717) is 37.7 Å². The first-order chi connectivity index (χ1) is 13.7. The third kappa shape index (κ3) is 4.47. The number of thiophene rings is 1. The Morgan fingerprint density at radius 2 is 2.00 bits per heavy atom. The van der Waals surface area contributed by atoms with Gasteiger partial charge in [0.2, 0.25) is 0 Å². The summed E-state index contributed by atoms with van der Waals surface area (Å²) in [5.41, 5.74) is 1.91. The van der Waals surface area contributed by atoms with Gasteiger partial charge in [-0.2, -0.15) is 11.3 Å². The fourth-order valence-electron chi connectivity index (χ4n) is 3.75. The van der Waals surface area contributed by atoms with E-state index in [-0.39, 0.29) is 18.0 Å². The first-order valence-electron chi connectivity index (χ1n) is 9.75. The lowest BCUT2D eigenvalue weighted by Gasteiger charge is -2.33. The number of para-hydroxylation sites is 1. The van der Waals surface area contributed by atoms with Gasteiger partial charge in [0.15, 0.2) is 0 Å². The van der Waals surface area contributed by atoms with Crippen molar-refractivity contribution in [3.63, 3.8) is 0 Å². The lowest BCUT2D eigenvalue weighted by molar-refractivity contribution is 0.0918. The molecule has 148 valence electrons. The van der Waals surface area contributed by atoms with Crippen molar-refractivity contribution in [1.82, 2.24) is 15.5 Å². The third-order valence-electron chi connectivity index (χ3n) is 5.40. The first-order valence-corrected chi connectivity index (χ1v) is 10.7. The zero-order valence-corrected chi connectivity index (χ0v) is 16.5. The number of benzene rings is 1. The van der Waals surface area contributed by atoms with Gasteiger partial charge in [0.1, 0.15) is 5.75 Å². The van der Waals surface area contributed by atoms with Crippen LogP contribution >= 0.6 is 11.3 Å². The fourth-order valence-corrected chi connectivity index (χ4v) is 4.39. The van der Waals surface area contributed by atoms with Crippen molar-refractivity contribution in [1.29, 1.82) is 0 Å². The molecule has 0 radical (unpaired) electrons. The molecule has 0 spiro atoms. The minimum absolute atomic E-state index is 0.0262. The molecule has 1 fully saturated rings. The zero-order chi connectivity index (χ0) is 19.3. The van der Waals surface area contributed by atoms with E-state index >= 15 is 0 Å². The SMILES string of the molecule is O=C(NC1CCN(C(=O)NC[C@H]2COc3ccccc3C2)CC1)c1ccsc1. The molecule has 1 aromatic heterocycles. The van der Waals surface area contributed by atoms with E-state index in [0.717, 1.165) is 25.0 Å². The van der Waals surface area contributed by atoms with E-state index in [1.54, 1.807) is 0 Å². The van der Waals surface area contributed by atoms with E-state index in [1.165, 1.54) is 16.9 Å². The predicted octanol–water partition coefficient (Wildman–Crippen LogP) is 2.90. The Bertz CT molecular complexity index is 816. The van der Waals surface area contributed by atoms with Crippen molar-refractivity contribution >= 4 is 23.3 Å². The lowest BCUT2D eigenvalue weighted by Crippen LogP contribution is -2.50. The summed E-state index contributed by atoms with van der Waals surface area (Å²) in [6, 6.07) is 10.00. The first kappa shape index (κ1) is 18.8. The summed E-state index contributed by atoms with van der Waals surface area (Å²) in [6.45, 7) is 2.56. The zero-order valence-electron chi connectivity index (χ0n) is 15.7. The van der Waals surface area contributed by atoms with Crippen LogP contribution in [0.4, 0.5) is 4.79 Å². The predicted molar refractivity (Wildman–Crippen MR) is 109 cm³/mol. The fraction of sp³-hybridized carbons (Fsp3) is 0.429. The second-order valence-corrected chi connectivity index (χ2v) is 8.20. The third-order valence-corrected chi connectivity index (χ3v) is 6.08. The van der Waals surface area contributed by atoms with Crippen LogP contribution in [-0.2, 0) is 6.42 Å². The molecule has 1 saturated heterocycles. The Labute approximate surface area is 168 Å². The molecule has 0 bridgehead atoms. The summed E-state index contributed by atoms with van der Waals surface area (Å²) in [5.74, 6) is 1.22. The quantitative estimate of drug-likeness (QED) is 0.831. The summed E-state index contributed by atoms with van der Waals surface area (Å²) >= 11 is 1.52. The molecule has 3 amide bonds. The molecule has 1 aromatic carbocycles. The van der Waals surface area contributed by atoms with Crippen LogP contribution in [0.15, 0.2) is 41.1 Å². The normalized spacial score (nSPS) is 19.4. The van der Waals surface area contributed by atoms with Gasteiger partial charge in [0.25, 0.3) is 5.91 Å². The molecule has 2 N–H and O–H groups in total. The lowest BCUT2D eigenvalue weighted by atomic mass is 9.97. The van der Waals surface area contributed by atoms with E-state index < -0.39 is 0 Å². The van der Waals surface area contributed by atoms with Gasteiger partial charge in [-0.05, 0) is 42.3 Å². The van der Waals surface area contributed by atoms with Crippen molar-refractivity contribution in [3.05, 3.63) is 52.2 Å². The molecule has 1 atom stereocenters. The maximum Gasteiger partial charge on any atom is 0.317 e. The Morgan fingerprint density at radius 1 is 1.18 bits per heavy atom. The molecule has 7 heteroatoms. The molecule has 4 rings (SSSR count). The van der Waals surface area contributed by atoms with Gasteiger partial charge in [-0.25, -0.2) is 4.79 Å². The standard InChI is InChI=1S/C21H25N3O3S/c25-20(17-7-10-28-14-17)23-18-5-8-24(9-6-18)21(26)22-12-15-11-16-3-1-2-4-19(16)27-13-15/h1-4,7,10,14-15,18H,5-6,8-9,11-13H2,(H,22,26)(H,23,25)/t15-/m0/s1. The molecule has 28 heavy (non-hydrogen) atoms. The largest absolute Gasteiger partial charge is 0.493 e. The molecule has 3 heterocycles. The van der Waals surface area contributed by atoms with Crippen LogP contribution in [0.5, 0.6) is 5.75 Å². The van der Waals surface area contributed by atoms with Crippen LogP contribution < -0.4 is 15.4 Å². The van der Waals surface area contributed by atoms with Crippen LogP contribution in [0, 0.1) is 5.92 Å². The van der Waals surface area contributed by atoms with Crippen molar-refractivity contribution in [2.75, 3.05) is 26.2 Å². The topological polar surface area (TPSA) is 70.7 Å². The van der Waals surface area contributed by atoms with Gasteiger partial charge in [-0.1, -0.05) is 18.2 Å². The van der Waals surface area contributed by atoms with Crippen molar-refractivity contribution in [3.8, 4) is 5.75 Å². The average molecular weight is 400 g/mol. The van der Waals surface area contributed by atoms with Gasteiger partial charge in [-0.3, -0.25) is 4.79 Å². The summed E-state index contributed by atoms with van der Waals surface area (Å²) in [6.07, 6.45) is 2.49. The Kier molecular flexibility index (Phi) is 5.81. The second-order valence-electron chi connectivity index (χ2n) is 7.42. The summed E-state index contributed by atoms with van der Waals surface area (Å²) < 4.78 is 5.79. The van der Waals surface area contributed by atoms with E-state index in [1.807, 2.05) is 39.9 Å². The summed E-state index contributed by atoms with van der Waals surface area (Å²) in [7, 11) is 0. The number of amides is 3. The molecule has 0 saturated carbocycles. The number of carbonyl (C=O) groups is 2. The van der Waals surface area contributed by atoms with Gasteiger partial charge in [0, 0.05) is 42.5 Å². The number of nitrogens with one attached hydrogen (secondary N) is 2. The number of hydrogen-bond acceptors (Lipinski definition) is 4. The molecule has 6 nitrogen and oxygen atoms in total. The smallest absolute Gasteiger partial charge is 0.317 e. The summed E-state index contributed by atoms with van der Waals surface area (Å²) in [5, 5.41) is 9.87. The van der Waals surface area contributed by atoms with Gasteiger partial charge in [0.05, 0.1) is 6.61 Å². The molecular formula is C21H25N3O3S. The summed E-state index contributed by atoms with van der Waals surface area (Å²) in [4.78, 5) is 26.5. The molecule has 2 aliphatic rings. The average Bonchev–Trinajstić information content (AvgIpc) is 3.27. The minimum Gasteiger partial charge on any atom is -0.493 e. The molecule has 2 aliphatic heterocycles. The molecular weight excluding hydrogens is 374 g/mol. The number of rotatable bonds is 4. The number of carbonyl (C=O) groups excluding carboxylic acids is 2. The molecule has 0 unspecified atom stereocenters. The second kappa shape index (κ2) is 8.65. The van der Waals surface area contributed by atoms with E-state index in [4.69, 9.17) is 4.74 Å². The number of nitrogens with zero attached hydrogens (tertiary/aromatic N) is 1. The number of urea groups is 1. The van der Waals surface area contributed by atoms with E-state index in [2.05, 4.69) is 16.7 Å². The highest BCUT2D eigenvalue weighted by Gasteiger charge is 2.25. The van der Waals surface area contributed by atoms with Gasteiger partial charge >= 0.3 is 6.03 Å². The Balaban J connectivity index is 1.19. The van der Waals surface area contributed by atoms with Crippen LogP contribution in [0.3, 0.4) is 0 Å². The van der Waals surface area contributed by atoms with Crippen LogP contribution in [0.1, 0.15) is 28.8 Å². The van der Waals surface area contributed by atoms with Crippen molar-refractivity contribution in [2.45, 2.75) is 25.3 Å². The minimum atomic E-state index is -0.0264. The highest BCUT2D eigenvalue weighted by atomic mass is 32.1. The Hall–Kier alpha value is -2.54. The number of hydrogen-bond donors (Lipinski definition) is 2. The van der Waals surface area contributed by atoms with Crippen LogP contribution in [-0.4, -0.2) is 49.1 Å². The van der Waals surface area contributed by atoms with Gasteiger partial charge in [-0.15, -0.1) is 0 Å². The van der Waals surface area contributed by atoms with Gasteiger partial charge < -0.3 is 20.3 Å². The maximum atomic E-state index is 12.5. The number of ether oxygens (including phenoxy) is 1. The molecule has 2 aromatic rings. The van der Waals surface area contributed by atoms with Crippen molar-refractivity contribution in [2.24, 2.45) is 5.92 Å². The highest BCUT2D eigenvalue weighted by molar-refractivity contribution is 7.08. The van der Waals surface area contributed by atoms with Crippen LogP contribution in [0.25, 0.3) is 0 Å². The maximum absolute atomic E-state index is 12.5. The molecule has 0 aliphatic carbocycles. The number of likely N-dealkylation sites (tertiary alicyclic amines) is 1. The number of piperidine rings is 1.